The molecule has 0 aliphatic carbocycles. The monoisotopic (exact) mass is 392 g/mol. The van der Waals surface area contributed by atoms with Crippen molar-refractivity contribution in [3.63, 3.8) is 0 Å². The topological polar surface area (TPSA) is 61.5 Å². The van der Waals surface area contributed by atoms with Gasteiger partial charge in [0.05, 0.1) is 18.4 Å². The number of carbonyl (C=O) groups is 1. The highest BCUT2D eigenvalue weighted by Gasteiger charge is 2.31. The van der Waals surface area contributed by atoms with E-state index in [1.165, 1.54) is 22.1 Å². The summed E-state index contributed by atoms with van der Waals surface area (Å²) in [5, 5.41) is 7.00. The molecule has 29 heavy (non-hydrogen) atoms. The van der Waals surface area contributed by atoms with Crippen LogP contribution in [0.3, 0.4) is 0 Å². The Labute approximate surface area is 167 Å². The number of hydrogen-bond donors (Lipinski definition) is 1. The van der Waals surface area contributed by atoms with E-state index in [0.717, 1.165) is 30.9 Å². The molecule has 3 heterocycles. The molecule has 0 spiro atoms. The minimum Gasteiger partial charge on any atom is -0.444 e. The third kappa shape index (κ3) is 3.12. The first-order chi connectivity index (χ1) is 14.1. The zero-order chi connectivity index (χ0) is 20.0. The molecular formula is C22H21FN4O2. The van der Waals surface area contributed by atoms with E-state index >= 15 is 0 Å². The number of H-pyrrole nitrogens is 1. The lowest BCUT2D eigenvalue weighted by Crippen LogP contribution is -2.24. The molecule has 0 saturated carbocycles. The van der Waals surface area contributed by atoms with Crippen molar-refractivity contribution in [1.82, 2.24) is 10.2 Å². The Morgan fingerprint density at radius 1 is 1.17 bits per heavy atom. The lowest BCUT2D eigenvalue weighted by molar-refractivity contribution is 0.139. The third-order valence-electron chi connectivity index (χ3n) is 5.66. The Morgan fingerprint density at radius 3 is 2.76 bits per heavy atom. The molecule has 5 rings (SSSR count). The van der Waals surface area contributed by atoms with E-state index in [4.69, 9.17) is 4.74 Å². The predicted molar refractivity (Wildman–Crippen MR) is 108 cm³/mol. The van der Waals surface area contributed by atoms with Gasteiger partial charge in [-0.2, -0.15) is 5.10 Å². The molecule has 1 amide bonds. The average Bonchev–Trinajstić information content (AvgIpc) is 3.46. The number of rotatable bonds is 4. The van der Waals surface area contributed by atoms with Gasteiger partial charge >= 0.3 is 6.09 Å². The molecule has 1 N–H and O–H groups in total. The van der Waals surface area contributed by atoms with E-state index in [9.17, 15) is 9.18 Å². The van der Waals surface area contributed by atoms with Crippen molar-refractivity contribution in [3.8, 4) is 11.1 Å². The fourth-order valence-electron chi connectivity index (χ4n) is 4.01. The number of anilines is 2. The van der Waals surface area contributed by atoms with Crippen LogP contribution in [0.4, 0.5) is 20.7 Å². The highest BCUT2D eigenvalue weighted by atomic mass is 19.1. The Balaban J connectivity index is 1.40. The molecule has 1 saturated heterocycles. The maximum atomic E-state index is 14.9. The van der Waals surface area contributed by atoms with E-state index < -0.39 is 6.09 Å². The smallest absolute Gasteiger partial charge is 0.414 e. The number of amides is 1. The van der Waals surface area contributed by atoms with Crippen LogP contribution >= 0.6 is 0 Å². The van der Waals surface area contributed by atoms with Crippen molar-refractivity contribution in [3.05, 3.63) is 65.6 Å². The molecule has 7 heteroatoms. The summed E-state index contributed by atoms with van der Waals surface area (Å²) >= 11 is 0. The van der Waals surface area contributed by atoms with Crippen LogP contribution in [0.5, 0.6) is 0 Å². The van der Waals surface area contributed by atoms with Crippen LogP contribution < -0.4 is 9.80 Å². The summed E-state index contributed by atoms with van der Waals surface area (Å²) in [6.07, 6.45) is 1.92. The summed E-state index contributed by atoms with van der Waals surface area (Å²) in [7, 11) is 0. The highest BCUT2D eigenvalue weighted by Crippen LogP contribution is 2.33. The standard InChI is InChI=1S/C22H21FN4O2/c1-2-18-13-27(22(28)29-18)17-5-6-19(20(23)10-17)14-3-4-15-11-26(12-16(15)9-14)21-7-8-24-25-21/h3-10,18H,2,11-13H2,1H3,(H,24,25)/t18-/m0/s1. The Kier molecular flexibility index (Phi) is 4.23. The van der Waals surface area contributed by atoms with E-state index in [1.807, 2.05) is 25.1 Å². The van der Waals surface area contributed by atoms with Crippen molar-refractivity contribution in [1.29, 1.82) is 0 Å². The lowest BCUT2D eigenvalue weighted by atomic mass is 10.00. The SMILES string of the molecule is CC[C@H]1CN(c2ccc(-c3ccc4c(c3)CN(c3ccn[nH]3)C4)c(F)c2)C(=O)O1. The highest BCUT2D eigenvalue weighted by molar-refractivity contribution is 5.90. The first kappa shape index (κ1) is 17.7. The minimum absolute atomic E-state index is 0.139. The Bertz CT molecular complexity index is 1070. The molecular weight excluding hydrogens is 371 g/mol. The van der Waals surface area contributed by atoms with E-state index in [1.54, 1.807) is 18.3 Å². The summed E-state index contributed by atoms with van der Waals surface area (Å²) in [5.74, 6) is 0.625. The zero-order valence-corrected chi connectivity index (χ0v) is 16.1. The van der Waals surface area contributed by atoms with Crippen molar-refractivity contribution < 1.29 is 13.9 Å². The van der Waals surface area contributed by atoms with Gasteiger partial charge in [-0.25, -0.2) is 9.18 Å². The first-order valence-corrected chi connectivity index (χ1v) is 9.76. The molecule has 2 aliphatic heterocycles. The van der Waals surface area contributed by atoms with Crippen LogP contribution in [0.15, 0.2) is 48.7 Å². The van der Waals surface area contributed by atoms with Crippen LogP contribution in [-0.4, -0.2) is 28.9 Å². The molecule has 6 nitrogen and oxygen atoms in total. The van der Waals surface area contributed by atoms with Gasteiger partial charge in [-0.1, -0.05) is 19.1 Å². The Morgan fingerprint density at radius 2 is 2.03 bits per heavy atom. The average molecular weight is 392 g/mol. The number of carbonyl (C=O) groups excluding carboxylic acids is 1. The van der Waals surface area contributed by atoms with Gasteiger partial charge in [-0.15, -0.1) is 0 Å². The summed E-state index contributed by atoms with van der Waals surface area (Å²) < 4.78 is 20.2. The summed E-state index contributed by atoms with van der Waals surface area (Å²) in [6.45, 7) is 3.97. The molecule has 1 aromatic heterocycles. The van der Waals surface area contributed by atoms with Crippen LogP contribution in [-0.2, 0) is 17.8 Å². The molecule has 0 bridgehead atoms. The second kappa shape index (κ2) is 6.92. The zero-order valence-electron chi connectivity index (χ0n) is 16.1. The largest absolute Gasteiger partial charge is 0.444 e. The fraction of sp³-hybridized carbons (Fsp3) is 0.273. The van der Waals surface area contributed by atoms with Gasteiger partial charge in [0.25, 0.3) is 0 Å². The molecule has 3 aromatic rings. The number of nitrogens with one attached hydrogen (secondary N) is 1. The number of nitrogens with zero attached hydrogens (tertiary/aromatic N) is 3. The second-order valence-corrected chi connectivity index (χ2v) is 7.47. The maximum absolute atomic E-state index is 14.9. The number of aromatic nitrogens is 2. The fourth-order valence-corrected chi connectivity index (χ4v) is 4.01. The number of hydrogen-bond acceptors (Lipinski definition) is 4. The van der Waals surface area contributed by atoms with Crippen molar-refractivity contribution in [2.75, 3.05) is 16.3 Å². The number of aromatic amines is 1. The molecule has 0 radical (unpaired) electrons. The minimum atomic E-state index is -0.416. The molecule has 0 unspecified atom stereocenters. The van der Waals surface area contributed by atoms with Crippen molar-refractivity contribution in [2.45, 2.75) is 32.5 Å². The van der Waals surface area contributed by atoms with Crippen LogP contribution in [0.1, 0.15) is 24.5 Å². The summed E-state index contributed by atoms with van der Waals surface area (Å²) in [6, 6.07) is 12.9. The van der Waals surface area contributed by atoms with Gasteiger partial charge in [0.15, 0.2) is 0 Å². The number of halogens is 1. The van der Waals surface area contributed by atoms with E-state index in [-0.39, 0.29) is 11.9 Å². The maximum Gasteiger partial charge on any atom is 0.414 e. The summed E-state index contributed by atoms with van der Waals surface area (Å²) in [5.41, 5.74) is 4.28. The van der Waals surface area contributed by atoms with Gasteiger partial charge in [0.2, 0.25) is 0 Å². The molecule has 1 fully saturated rings. The number of benzene rings is 2. The predicted octanol–water partition coefficient (Wildman–Crippen LogP) is 4.47. The third-order valence-corrected chi connectivity index (χ3v) is 5.66. The van der Waals surface area contributed by atoms with Gasteiger partial charge in [-0.05, 0) is 47.4 Å². The van der Waals surface area contributed by atoms with E-state index in [2.05, 4.69) is 21.2 Å². The number of cyclic esters (lactones) is 1. The normalized spacial score (nSPS) is 18.3. The molecule has 148 valence electrons. The van der Waals surface area contributed by atoms with Gasteiger partial charge in [-0.3, -0.25) is 10.00 Å². The summed E-state index contributed by atoms with van der Waals surface area (Å²) in [4.78, 5) is 15.7. The Hall–Kier alpha value is -3.35. The van der Waals surface area contributed by atoms with Gasteiger partial charge in [0, 0.05) is 24.7 Å². The van der Waals surface area contributed by atoms with Gasteiger partial charge < -0.3 is 9.64 Å². The number of ether oxygens (including phenoxy) is 1. The number of fused-ring (bicyclic) bond motifs is 1. The molecule has 2 aliphatic rings. The van der Waals surface area contributed by atoms with Crippen LogP contribution in [0.2, 0.25) is 0 Å². The van der Waals surface area contributed by atoms with Crippen LogP contribution in [0.25, 0.3) is 11.1 Å². The second-order valence-electron chi connectivity index (χ2n) is 7.47. The molecule has 2 aromatic carbocycles. The van der Waals surface area contributed by atoms with Crippen LogP contribution in [0, 0.1) is 5.82 Å². The molecule has 1 atom stereocenters. The van der Waals surface area contributed by atoms with Crippen molar-refractivity contribution in [2.24, 2.45) is 0 Å². The van der Waals surface area contributed by atoms with Crippen molar-refractivity contribution >= 4 is 17.6 Å². The quantitative estimate of drug-likeness (QED) is 0.712. The van der Waals surface area contributed by atoms with E-state index in [0.29, 0.717) is 17.8 Å². The first-order valence-electron chi connectivity index (χ1n) is 9.76. The lowest BCUT2D eigenvalue weighted by Gasteiger charge is -2.14. The van der Waals surface area contributed by atoms with Gasteiger partial charge in [0.1, 0.15) is 17.7 Å².